The highest BCUT2D eigenvalue weighted by Gasteiger charge is 2.14. The molecule has 0 aliphatic heterocycles. The van der Waals surface area contributed by atoms with Crippen LogP contribution >= 0.6 is 11.3 Å². The number of anilines is 1. The molecular weight excluding hydrogens is 290 g/mol. The first-order valence-electron chi connectivity index (χ1n) is 6.33. The molecule has 1 N–H and O–H groups in total. The van der Waals surface area contributed by atoms with Gasteiger partial charge in [0.1, 0.15) is 6.54 Å². The van der Waals surface area contributed by atoms with Gasteiger partial charge in [-0.1, -0.05) is 17.4 Å². The summed E-state index contributed by atoms with van der Waals surface area (Å²) in [5.74, 6) is -0.434. The van der Waals surface area contributed by atoms with Gasteiger partial charge in [0.15, 0.2) is 10.9 Å². The number of aryl methyl sites for hydroxylation is 2. The molecule has 0 spiro atoms. The van der Waals surface area contributed by atoms with Gasteiger partial charge in [0.2, 0.25) is 5.91 Å². The second-order valence-electron chi connectivity index (χ2n) is 4.63. The number of thiazole rings is 1. The van der Waals surface area contributed by atoms with Crippen molar-refractivity contribution < 1.29 is 9.59 Å². The lowest BCUT2D eigenvalue weighted by Gasteiger charge is -2.08. The normalized spacial score (nSPS) is 10.4. The van der Waals surface area contributed by atoms with Gasteiger partial charge in [-0.25, -0.2) is 4.98 Å². The number of amides is 1. The van der Waals surface area contributed by atoms with Crippen LogP contribution in [0.3, 0.4) is 0 Å². The number of Topliss-reactive ketones (excluding diaryl/α,β-unsaturated/α-hetero) is 1. The van der Waals surface area contributed by atoms with E-state index in [4.69, 9.17) is 0 Å². The highest BCUT2D eigenvalue weighted by molar-refractivity contribution is 7.17. The summed E-state index contributed by atoms with van der Waals surface area (Å²) in [4.78, 5) is 39.7. The van der Waals surface area contributed by atoms with E-state index in [0.717, 1.165) is 11.3 Å². The van der Waals surface area contributed by atoms with Crippen LogP contribution in [0.2, 0.25) is 0 Å². The Balaban J connectivity index is 2.14. The molecule has 0 unspecified atom stereocenters. The number of nitrogens with one attached hydrogen (secondary N) is 1. The number of ketones is 1. The van der Waals surface area contributed by atoms with Crippen LogP contribution in [0.25, 0.3) is 0 Å². The third-order valence-corrected chi connectivity index (χ3v) is 4.11. The molecule has 2 aromatic rings. The standard InChI is InChI=1S/C14H15N3O3S/c1-8-5-4-6-12(20)17(8)7-11(19)16-14-15-9(2)13(21-14)10(3)18/h4-6H,7H2,1-3H3,(H,15,16,19). The SMILES string of the molecule is CC(=O)c1sc(NC(=O)Cn2c(C)cccc2=O)nc1C. The Kier molecular flexibility index (Phi) is 4.32. The molecular formula is C14H15N3O3S. The van der Waals surface area contributed by atoms with Crippen molar-refractivity contribution in [3.05, 3.63) is 44.8 Å². The fraction of sp³-hybridized carbons (Fsp3) is 0.286. The zero-order valence-corrected chi connectivity index (χ0v) is 12.8. The summed E-state index contributed by atoms with van der Waals surface area (Å²) in [6.45, 7) is 4.85. The van der Waals surface area contributed by atoms with Gasteiger partial charge < -0.3 is 9.88 Å². The van der Waals surface area contributed by atoms with Crippen molar-refractivity contribution in [3.8, 4) is 0 Å². The third-order valence-electron chi connectivity index (χ3n) is 2.93. The van der Waals surface area contributed by atoms with E-state index in [0.29, 0.717) is 21.4 Å². The highest BCUT2D eigenvalue weighted by atomic mass is 32.1. The molecule has 2 heterocycles. The average Bonchev–Trinajstić information content (AvgIpc) is 2.75. The van der Waals surface area contributed by atoms with Crippen molar-refractivity contribution in [2.75, 3.05) is 5.32 Å². The Hall–Kier alpha value is -2.28. The van der Waals surface area contributed by atoms with Crippen LogP contribution in [-0.2, 0) is 11.3 Å². The van der Waals surface area contributed by atoms with E-state index >= 15 is 0 Å². The summed E-state index contributed by atoms with van der Waals surface area (Å²) < 4.78 is 1.38. The maximum atomic E-state index is 12.0. The molecule has 0 radical (unpaired) electrons. The Bertz CT molecular complexity index is 761. The van der Waals surface area contributed by atoms with E-state index in [1.54, 1.807) is 26.0 Å². The molecule has 1 amide bonds. The summed E-state index contributed by atoms with van der Waals surface area (Å²) in [6.07, 6.45) is 0. The fourth-order valence-electron chi connectivity index (χ4n) is 1.90. The molecule has 21 heavy (non-hydrogen) atoms. The van der Waals surface area contributed by atoms with Crippen LogP contribution in [0.5, 0.6) is 0 Å². The minimum atomic E-state index is -0.352. The number of pyridine rings is 1. The first-order chi connectivity index (χ1) is 9.88. The molecule has 2 rings (SSSR count). The Morgan fingerprint density at radius 1 is 1.33 bits per heavy atom. The molecule has 0 fully saturated rings. The van der Waals surface area contributed by atoms with Gasteiger partial charge in [-0.05, 0) is 19.9 Å². The number of nitrogens with zero attached hydrogens (tertiary/aromatic N) is 2. The largest absolute Gasteiger partial charge is 0.304 e. The molecule has 0 aromatic carbocycles. The fourth-order valence-corrected chi connectivity index (χ4v) is 2.78. The molecule has 7 heteroatoms. The van der Waals surface area contributed by atoms with Crippen LogP contribution in [0.15, 0.2) is 23.0 Å². The van der Waals surface area contributed by atoms with Crippen LogP contribution in [0.4, 0.5) is 5.13 Å². The minimum absolute atomic E-state index is 0.0828. The smallest absolute Gasteiger partial charge is 0.251 e. The van der Waals surface area contributed by atoms with Crippen molar-refractivity contribution >= 4 is 28.2 Å². The number of carbonyl (C=O) groups is 2. The summed E-state index contributed by atoms with van der Waals surface area (Å²) in [5.41, 5.74) is 1.07. The molecule has 0 bridgehead atoms. The molecule has 0 saturated carbocycles. The van der Waals surface area contributed by atoms with Gasteiger partial charge in [-0.15, -0.1) is 0 Å². The van der Waals surface area contributed by atoms with Crippen LogP contribution in [0, 0.1) is 13.8 Å². The maximum Gasteiger partial charge on any atom is 0.251 e. The second-order valence-corrected chi connectivity index (χ2v) is 5.63. The van der Waals surface area contributed by atoms with Crippen molar-refractivity contribution in [2.45, 2.75) is 27.3 Å². The number of hydrogen-bond acceptors (Lipinski definition) is 5. The van der Waals surface area contributed by atoms with Crippen LogP contribution in [-0.4, -0.2) is 21.2 Å². The van der Waals surface area contributed by atoms with Gasteiger partial charge in [0.05, 0.1) is 10.6 Å². The number of aromatic nitrogens is 2. The van der Waals surface area contributed by atoms with Crippen molar-refractivity contribution in [3.63, 3.8) is 0 Å². The molecule has 0 aliphatic rings. The molecule has 2 aromatic heterocycles. The number of carbonyl (C=O) groups excluding carboxylic acids is 2. The van der Waals surface area contributed by atoms with E-state index in [9.17, 15) is 14.4 Å². The van der Waals surface area contributed by atoms with Gasteiger partial charge in [0.25, 0.3) is 5.56 Å². The van der Waals surface area contributed by atoms with E-state index in [2.05, 4.69) is 10.3 Å². The lowest BCUT2D eigenvalue weighted by molar-refractivity contribution is -0.116. The zero-order chi connectivity index (χ0) is 15.6. The topological polar surface area (TPSA) is 81.1 Å². The Labute approximate surface area is 125 Å². The summed E-state index contributed by atoms with van der Waals surface area (Å²) in [7, 11) is 0. The van der Waals surface area contributed by atoms with Gasteiger partial charge in [-0.3, -0.25) is 14.4 Å². The third kappa shape index (κ3) is 3.43. The first-order valence-corrected chi connectivity index (χ1v) is 7.15. The van der Waals surface area contributed by atoms with Crippen LogP contribution < -0.4 is 10.9 Å². The van der Waals surface area contributed by atoms with E-state index in [-0.39, 0.29) is 23.8 Å². The second kappa shape index (κ2) is 6.01. The van der Waals surface area contributed by atoms with E-state index < -0.39 is 0 Å². The van der Waals surface area contributed by atoms with Gasteiger partial charge in [0, 0.05) is 18.7 Å². The summed E-state index contributed by atoms with van der Waals surface area (Å²) in [5, 5.41) is 2.98. The van der Waals surface area contributed by atoms with Crippen molar-refractivity contribution in [1.82, 2.24) is 9.55 Å². The minimum Gasteiger partial charge on any atom is -0.304 e. The van der Waals surface area contributed by atoms with Gasteiger partial charge >= 0.3 is 0 Å². The summed E-state index contributed by atoms with van der Waals surface area (Å²) >= 11 is 1.13. The molecule has 0 saturated heterocycles. The predicted octanol–water partition coefficient (Wildman–Crippen LogP) is 1.76. The van der Waals surface area contributed by atoms with E-state index in [1.807, 2.05) is 0 Å². The highest BCUT2D eigenvalue weighted by Crippen LogP contribution is 2.22. The average molecular weight is 305 g/mol. The number of rotatable bonds is 4. The molecule has 110 valence electrons. The van der Waals surface area contributed by atoms with Crippen molar-refractivity contribution in [2.24, 2.45) is 0 Å². The lowest BCUT2D eigenvalue weighted by atomic mass is 10.3. The summed E-state index contributed by atoms with van der Waals surface area (Å²) in [6, 6.07) is 4.81. The monoisotopic (exact) mass is 305 g/mol. The molecule has 6 nitrogen and oxygen atoms in total. The number of hydrogen-bond donors (Lipinski definition) is 1. The molecule has 0 atom stereocenters. The van der Waals surface area contributed by atoms with Crippen molar-refractivity contribution in [1.29, 1.82) is 0 Å². The lowest BCUT2D eigenvalue weighted by Crippen LogP contribution is -2.28. The Morgan fingerprint density at radius 3 is 2.62 bits per heavy atom. The predicted molar refractivity (Wildman–Crippen MR) is 80.9 cm³/mol. The molecule has 0 aliphatic carbocycles. The quantitative estimate of drug-likeness (QED) is 0.873. The van der Waals surface area contributed by atoms with Gasteiger partial charge in [-0.2, -0.15) is 0 Å². The zero-order valence-electron chi connectivity index (χ0n) is 12.0. The Morgan fingerprint density at radius 2 is 2.05 bits per heavy atom. The first kappa shape index (κ1) is 15.1. The van der Waals surface area contributed by atoms with Crippen LogP contribution in [0.1, 0.15) is 28.0 Å². The maximum absolute atomic E-state index is 12.0. The van der Waals surface area contributed by atoms with E-state index in [1.165, 1.54) is 17.6 Å².